The van der Waals surface area contributed by atoms with E-state index in [1.807, 2.05) is 0 Å². The van der Waals surface area contributed by atoms with Gasteiger partial charge in [-0.05, 0) is 5.56 Å². The first-order chi connectivity index (χ1) is 6.99. The minimum atomic E-state index is -3.49. The molecule has 1 aromatic rings. The molecule has 0 aliphatic rings. The Kier molecular flexibility index (Phi) is 3.62. The van der Waals surface area contributed by atoms with E-state index in [4.69, 9.17) is 5.11 Å². The minimum absolute atomic E-state index is 0.183. The number of carbonyl (C=O) groups is 1. The summed E-state index contributed by atoms with van der Waals surface area (Å²) in [6.07, 6.45) is 0.623. The molecular formula is C10H10O4S. The summed E-state index contributed by atoms with van der Waals surface area (Å²) < 4.78 is 22.7. The maximum absolute atomic E-state index is 11.4. The lowest BCUT2D eigenvalue weighted by molar-refractivity contribution is -0.131. The predicted molar refractivity (Wildman–Crippen MR) is 55.8 cm³/mol. The van der Waals surface area contributed by atoms with E-state index in [-0.39, 0.29) is 5.75 Å². The van der Waals surface area contributed by atoms with Crippen molar-refractivity contribution in [2.45, 2.75) is 5.75 Å². The van der Waals surface area contributed by atoms with Crippen LogP contribution >= 0.6 is 0 Å². The van der Waals surface area contributed by atoms with Gasteiger partial charge in [0.2, 0.25) is 0 Å². The van der Waals surface area contributed by atoms with E-state index < -0.39 is 15.8 Å². The van der Waals surface area contributed by atoms with Crippen LogP contribution in [0.15, 0.2) is 41.8 Å². The number of hydrogen-bond acceptors (Lipinski definition) is 3. The number of carboxylic acids is 1. The lowest BCUT2D eigenvalue weighted by Crippen LogP contribution is -2.01. The van der Waals surface area contributed by atoms with Crippen molar-refractivity contribution in [3.63, 3.8) is 0 Å². The Morgan fingerprint density at radius 3 is 2.40 bits per heavy atom. The maximum Gasteiger partial charge on any atom is 0.329 e. The predicted octanol–water partition coefficient (Wildman–Crippen LogP) is 1.20. The van der Waals surface area contributed by atoms with Gasteiger partial charge in [-0.15, -0.1) is 0 Å². The maximum atomic E-state index is 11.4. The molecule has 0 aliphatic carbocycles. The average Bonchev–Trinajstić information content (AvgIpc) is 2.16. The Morgan fingerprint density at radius 1 is 1.27 bits per heavy atom. The highest BCUT2D eigenvalue weighted by Crippen LogP contribution is 2.06. The first kappa shape index (κ1) is 11.5. The number of aliphatic carboxylic acids is 1. The van der Waals surface area contributed by atoms with E-state index in [1.54, 1.807) is 30.3 Å². The van der Waals surface area contributed by atoms with Crippen molar-refractivity contribution in [3.8, 4) is 0 Å². The second-order valence-corrected chi connectivity index (χ2v) is 4.82. The molecule has 0 aromatic heterocycles. The lowest BCUT2D eigenvalue weighted by Gasteiger charge is -1.98. The molecule has 1 N–H and O–H groups in total. The summed E-state index contributed by atoms with van der Waals surface area (Å²) in [7, 11) is -3.49. The summed E-state index contributed by atoms with van der Waals surface area (Å²) in [6, 6.07) is 8.58. The molecule has 0 spiro atoms. The molecule has 0 unspecified atom stereocenters. The molecule has 5 heteroatoms. The molecule has 80 valence electrons. The Morgan fingerprint density at radius 2 is 1.87 bits per heavy atom. The van der Waals surface area contributed by atoms with Crippen LogP contribution in [0.1, 0.15) is 5.56 Å². The Bertz CT molecular complexity index is 459. The summed E-state index contributed by atoms with van der Waals surface area (Å²) in [5.41, 5.74) is 0.632. The summed E-state index contributed by atoms with van der Waals surface area (Å²) in [4.78, 5) is 10.1. The van der Waals surface area contributed by atoms with Crippen LogP contribution in [0.3, 0.4) is 0 Å². The van der Waals surface area contributed by atoms with Gasteiger partial charge in [-0.3, -0.25) is 0 Å². The number of hydrogen-bond donors (Lipinski definition) is 1. The van der Waals surface area contributed by atoms with E-state index in [9.17, 15) is 13.2 Å². The number of carboxylic acid groups (broad SMARTS) is 1. The first-order valence-corrected chi connectivity index (χ1v) is 5.89. The molecule has 0 bridgehead atoms. The van der Waals surface area contributed by atoms with Gasteiger partial charge in [-0.1, -0.05) is 30.3 Å². The first-order valence-electron chi connectivity index (χ1n) is 4.17. The van der Waals surface area contributed by atoms with Crippen molar-refractivity contribution in [1.82, 2.24) is 0 Å². The number of benzene rings is 1. The third-order valence-electron chi connectivity index (χ3n) is 1.63. The molecule has 0 saturated heterocycles. The van der Waals surface area contributed by atoms with Crippen molar-refractivity contribution in [3.05, 3.63) is 47.4 Å². The second kappa shape index (κ2) is 4.75. The highest BCUT2D eigenvalue weighted by atomic mass is 32.2. The normalized spacial score (nSPS) is 11.7. The molecular weight excluding hydrogens is 216 g/mol. The van der Waals surface area contributed by atoms with E-state index >= 15 is 0 Å². The van der Waals surface area contributed by atoms with Gasteiger partial charge in [0, 0.05) is 11.5 Å². The second-order valence-electron chi connectivity index (χ2n) is 2.93. The smallest absolute Gasteiger partial charge is 0.329 e. The van der Waals surface area contributed by atoms with Crippen molar-refractivity contribution >= 4 is 15.8 Å². The fourth-order valence-electron chi connectivity index (χ4n) is 1.02. The van der Waals surface area contributed by atoms with Gasteiger partial charge in [-0.25, -0.2) is 13.2 Å². The molecule has 0 amide bonds. The summed E-state index contributed by atoms with van der Waals surface area (Å²) in [5.74, 6) is -1.45. The van der Waals surface area contributed by atoms with Gasteiger partial charge in [0.1, 0.15) is 0 Å². The molecule has 1 rings (SSSR count). The van der Waals surface area contributed by atoms with Crippen molar-refractivity contribution < 1.29 is 18.3 Å². The van der Waals surface area contributed by atoms with Crippen molar-refractivity contribution in [1.29, 1.82) is 0 Å². The van der Waals surface area contributed by atoms with E-state index in [1.165, 1.54) is 0 Å². The third kappa shape index (κ3) is 4.42. The summed E-state index contributed by atoms with van der Waals surface area (Å²) in [5, 5.41) is 9.00. The molecule has 0 aliphatic heterocycles. The van der Waals surface area contributed by atoms with Crippen LogP contribution in [0.2, 0.25) is 0 Å². The minimum Gasteiger partial charge on any atom is -0.478 e. The summed E-state index contributed by atoms with van der Waals surface area (Å²) >= 11 is 0. The standard InChI is InChI=1S/C10H10O4S/c11-10(12)6-7-15(13,14)8-9-4-2-1-3-5-9/h1-7H,8H2,(H,11,12)/b7-6+. The molecule has 0 fully saturated rings. The SMILES string of the molecule is O=C(O)/C=C/S(=O)(=O)Cc1ccccc1. The highest BCUT2D eigenvalue weighted by Gasteiger charge is 2.07. The van der Waals surface area contributed by atoms with Crippen LogP contribution in [0.5, 0.6) is 0 Å². The third-order valence-corrected chi connectivity index (χ3v) is 2.92. The topological polar surface area (TPSA) is 71.4 Å². The molecule has 0 atom stereocenters. The number of sulfone groups is 1. The lowest BCUT2D eigenvalue weighted by atomic mass is 10.2. The zero-order chi connectivity index (χ0) is 11.3. The molecule has 15 heavy (non-hydrogen) atoms. The summed E-state index contributed by atoms with van der Waals surface area (Å²) in [6.45, 7) is 0. The van der Waals surface area contributed by atoms with Gasteiger partial charge in [0.15, 0.2) is 9.84 Å². The van der Waals surface area contributed by atoms with Gasteiger partial charge < -0.3 is 5.11 Å². The molecule has 1 aromatic carbocycles. The van der Waals surface area contributed by atoms with E-state index in [2.05, 4.69) is 0 Å². The van der Waals surface area contributed by atoms with Crippen molar-refractivity contribution in [2.24, 2.45) is 0 Å². The Labute approximate surface area is 87.8 Å². The van der Waals surface area contributed by atoms with Crippen LogP contribution in [0.4, 0.5) is 0 Å². The van der Waals surface area contributed by atoms with Gasteiger partial charge in [0.25, 0.3) is 0 Å². The van der Waals surface area contributed by atoms with E-state index in [0.717, 1.165) is 0 Å². The van der Waals surface area contributed by atoms with Crippen LogP contribution in [-0.4, -0.2) is 19.5 Å². The molecule has 0 heterocycles. The van der Waals surface area contributed by atoms with Crippen LogP contribution in [0.25, 0.3) is 0 Å². The van der Waals surface area contributed by atoms with Crippen molar-refractivity contribution in [2.75, 3.05) is 0 Å². The highest BCUT2D eigenvalue weighted by molar-refractivity contribution is 7.93. The van der Waals surface area contributed by atoms with Gasteiger partial charge in [0.05, 0.1) is 5.75 Å². The van der Waals surface area contributed by atoms with Gasteiger partial charge in [-0.2, -0.15) is 0 Å². The quantitative estimate of drug-likeness (QED) is 0.783. The average molecular weight is 226 g/mol. The molecule has 0 radical (unpaired) electrons. The Balaban J connectivity index is 2.78. The fourth-order valence-corrected chi connectivity index (χ4v) is 2.09. The zero-order valence-electron chi connectivity index (χ0n) is 7.83. The fraction of sp³-hybridized carbons (Fsp3) is 0.100. The van der Waals surface area contributed by atoms with E-state index in [0.29, 0.717) is 17.0 Å². The zero-order valence-corrected chi connectivity index (χ0v) is 8.65. The largest absolute Gasteiger partial charge is 0.478 e. The van der Waals surface area contributed by atoms with Crippen LogP contribution in [-0.2, 0) is 20.4 Å². The Hall–Kier alpha value is -1.62. The molecule has 0 saturated carbocycles. The van der Waals surface area contributed by atoms with Gasteiger partial charge >= 0.3 is 5.97 Å². The van der Waals surface area contributed by atoms with Crippen LogP contribution in [0, 0.1) is 0 Å². The number of rotatable bonds is 4. The van der Waals surface area contributed by atoms with Crippen LogP contribution < -0.4 is 0 Å². The molecule has 4 nitrogen and oxygen atoms in total. The monoisotopic (exact) mass is 226 g/mol.